The first-order valence-corrected chi connectivity index (χ1v) is 34.1. The van der Waals surface area contributed by atoms with Crippen molar-refractivity contribution < 1.29 is 28.6 Å². The molecular formula is C73H128O6. The Morgan fingerprint density at radius 1 is 0.266 bits per heavy atom. The van der Waals surface area contributed by atoms with Gasteiger partial charge in [0, 0.05) is 19.3 Å². The second-order valence-electron chi connectivity index (χ2n) is 22.7. The van der Waals surface area contributed by atoms with Crippen LogP contribution in [0.2, 0.25) is 0 Å². The van der Waals surface area contributed by atoms with Crippen molar-refractivity contribution in [2.75, 3.05) is 13.2 Å². The maximum absolute atomic E-state index is 13.0. The molecule has 1 atom stereocenters. The van der Waals surface area contributed by atoms with Crippen LogP contribution >= 0.6 is 0 Å². The fraction of sp³-hybridized carbons (Fsp3) is 0.767. The highest BCUT2D eigenvalue weighted by atomic mass is 16.6. The lowest BCUT2D eigenvalue weighted by Gasteiger charge is -2.18. The van der Waals surface area contributed by atoms with Gasteiger partial charge in [0.2, 0.25) is 0 Å². The van der Waals surface area contributed by atoms with E-state index in [0.29, 0.717) is 19.3 Å². The quantitative estimate of drug-likeness (QED) is 0.0261. The summed E-state index contributed by atoms with van der Waals surface area (Å²) >= 11 is 0. The van der Waals surface area contributed by atoms with Crippen molar-refractivity contribution in [2.45, 2.75) is 348 Å². The molecule has 6 nitrogen and oxygen atoms in total. The van der Waals surface area contributed by atoms with Gasteiger partial charge in [0.05, 0.1) is 0 Å². The van der Waals surface area contributed by atoms with Crippen LogP contribution in [0.5, 0.6) is 0 Å². The van der Waals surface area contributed by atoms with E-state index in [2.05, 4.69) is 106 Å². The highest BCUT2D eigenvalue weighted by molar-refractivity contribution is 5.71. The predicted octanol–water partition coefficient (Wildman–Crippen LogP) is 23.4. The minimum Gasteiger partial charge on any atom is -0.462 e. The predicted molar refractivity (Wildman–Crippen MR) is 344 cm³/mol. The van der Waals surface area contributed by atoms with E-state index in [9.17, 15) is 14.4 Å². The third kappa shape index (κ3) is 65.3. The third-order valence-corrected chi connectivity index (χ3v) is 14.9. The Kier molecular flexibility index (Phi) is 64.2. The van der Waals surface area contributed by atoms with Crippen LogP contribution in [0.25, 0.3) is 0 Å². The first-order chi connectivity index (χ1) is 39.0. The zero-order chi connectivity index (χ0) is 57.1. The summed E-state index contributed by atoms with van der Waals surface area (Å²) in [5.74, 6) is -0.873. The van der Waals surface area contributed by atoms with Crippen LogP contribution in [0.15, 0.2) is 85.1 Å². The molecule has 0 heterocycles. The number of carbonyl (C=O) groups excluding carboxylic acids is 3. The van der Waals surface area contributed by atoms with Gasteiger partial charge in [0.25, 0.3) is 0 Å². The monoisotopic (exact) mass is 1100 g/mol. The van der Waals surface area contributed by atoms with E-state index in [0.717, 1.165) is 109 Å². The Hall–Kier alpha value is -3.41. The van der Waals surface area contributed by atoms with Gasteiger partial charge < -0.3 is 14.2 Å². The maximum Gasteiger partial charge on any atom is 0.306 e. The van der Waals surface area contributed by atoms with Crippen molar-refractivity contribution in [2.24, 2.45) is 0 Å². The molecule has 0 N–H and O–H groups in total. The fourth-order valence-corrected chi connectivity index (χ4v) is 9.86. The first kappa shape index (κ1) is 75.6. The number of allylic oxidation sites excluding steroid dienone is 14. The lowest BCUT2D eigenvalue weighted by atomic mass is 10.0. The molecule has 0 saturated carbocycles. The number of esters is 3. The van der Waals surface area contributed by atoms with E-state index in [1.165, 1.54) is 193 Å². The lowest BCUT2D eigenvalue weighted by molar-refractivity contribution is -0.167. The fourth-order valence-electron chi connectivity index (χ4n) is 9.86. The van der Waals surface area contributed by atoms with Crippen molar-refractivity contribution >= 4 is 17.9 Å². The van der Waals surface area contributed by atoms with E-state index >= 15 is 0 Å². The second kappa shape index (κ2) is 67.1. The Morgan fingerprint density at radius 2 is 0.494 bits per heavy atom. The summed E-state index contributed by atoms with van der Waals surface area (Å²) < 4.78 is 17.0. The minimum atomic E-state index is -0.783. The van der Waals surface area contributed by atoms with Gasteiger partial charge in [-0.1, -0.05) is 318 Å². The molecule has 79 heavy (non-hydrogen) atoms. The molecule has 456 valence electrons. The van der Waals surface area contributed by atoms with Gasteiger partial charge in [0.15, 0.2) is 6.10 Å². The molecule has 0 spiro atoms. The van der Waals surface area contributed by atoms with Gasteiger partial charge in [-0.15, -0.1) is 0 Å². The number of hydrogen-bond acceptors (Lipinski definition) is 6. The molecular weight excluding hydrogens is 973 g/mol. The molecule has 0 aromatic carbocycles. The smallest absolute Gasteiger partial charge is 0.306 e. The summed E-state index contributed by atoms with van der Waals surface area (Å²) in [5, 5.41) is 0. The molecule has 0 aliphatic rings. The van der Waals surface area contributed by atoms with Crippen LogP contribution in [0.4, 0.5) is 0 Å². The van der Waals surface area contributed by atoms with Gasteiger partial charge in [0.1, 0.15) is 13.2 Å². The number of unbranched alkanes of at least 4 members (excludes halogenated alkanes) is 37. The first-order valence-electron chi connectivity index (χ1n) is 34.1. The summed E-state index contributed by atoms with van der Waals surface area (Å²) in [7, 11) is 0. The molecule has 0 fully saturated rings. The summed E-state index contributed by atoms with van der Waals surface area (Å²) in [6.07, 6.45) is 88.8. The zero-order valence-corrected chi connectivity index (χ0v) is 52.4. The Bertz CT molecular complexity index is 1500. The topological polar surface area (TPSA) is 78.9 Å². The molecule has 0 rings (SSSR count). The number of carbonyl (C=O) groups is 3. The SMILES string of the molecule is CC/C=C\C/C=C\C/C=C\C/C=C\CCCCCCCCCCCCC(=O)OCC(COC(=O)CCCCCCCCC/C=C\C/C=C\C/C=C\CC)OC(=O)CCCCCCCCCCCCCCCCCCCCCCC. The maximum atomic E-state index is 13.0. The highest BCUT2D eigenvalue weighted by Gasteiger charge is 2.19. The third-order valence-electron chi connectivity index (χ3n) is 14.9. The molecule has 1 unspecified atom stereocenters. The summed E-state index contributed by atoms with van der Waals surface area (Å²) in [5.41, 5.74) is 0. The Morgan fingerprint density at radius 3 is 0.772 bits per heavy atom. The van der Waals surface area contributed by atoms with Crippen molar-refractivity contribution in [1.82, 2.24) is 0 Å². The van der Waals surface area contributed by atoms with Crippen LogP contribution < -0.4 is 0 Å². The van der Waals surface area contributed by atoms with E-state index in [-0.39, 0.29) is 31.1 Å². The zero-order valence-electron chi connectivity index (χ0n) is 52.4. The summed E-state index contributed by atoms with van der Waals surface area (Å²) in [6.45, 7) is 6.46. The van der Waals surface area contributed by atoms with Gasteiger partial charge in [-0.05, 0) is 89.9 Å². The Labute approximate surface area is 490 Å². The van der Waals surface area contributed by atoms with Crippen LogP contribution in [0.1, 0.15) is 342 Å². The van der Waals surface area contributed by atoms with Crippen LogP contribution in [-0.4, -0.2) is 37.2 Å². The molecule has 6 heteroatoms. The number of rotatable bonds is 62. The van der Waals surface area contributed by atoms with Gasteiger partial charge >= 0.3 is 17.9 Å². The van der Waals surface area contributed by atoms with Crippen molar-refractivity contribution in [1.29, 1.82) is 0 Å². The van der Waals surface area contributed by atoms with E-state index in [4.69, 9.17) is 14.2 Å². The molecule has 0 saturated heterocycles. The Balaban J connectivity index is 4.35. The van der Waals surface area contributed by atoms with Crippen molar-refractivity contribution in [3.8, 4) is 0 Å². The molecule has 0 bridgehead atoms. The minimum absolute atomic E-state index is 0.0790. The molecule has 0 aromatic heterocycles. The highest BCUT2D eigenvalue weighted by Crippen LogP contribution is 2.18. The van der Waals surface area contributed by atoms with E-state index in [1.54, 1.807) is 0 Å². The van der Waals surface area contributed by atoms with E-state index in [1.807, 2.05) is 0 Å². The molecule has 0 radical (unpaired) electrons. The van der Waals surface area contributed by atoms with Crippen LogP contribution in [-0.2, 0) is 28.6 Å². The normalized spacial score (nSPS) is 12.6. The molecule has 0 aliphatic heterocycles. The average Bonchev–Trinajstić information content (AvgIpc) is 3.45. The van der Waals surface area contributed by atoms with Crippen LogP contribution in [0, 0.1) is 0 Å². The number of hydrogen-bond donors (Lipinski definition) is 0. The summed E-state index contributed by atoms with van der Waals surface area (Å²) in [4.78, 5) is 38.4. The average molecular weight is 1100 g/mol. The molecule has 0 amide bonds. The van der Waals surface area contributed by atoms with Crippen molar-refractivity contribution in [3.05, 3.63) is 85.1 Å². The van der Waals surface area contributed by atoms with Gasteiger partial charge in [-0.2, -0.15) is 0 Å². The number of ether oxygens (including phenoxy) is 3. The molecule has 0 aliphatic carbocycles. The second-order valence-corrected chi connectivity index (χ2v) is 22.7. The largest absolute Gasteiger partial charge is 0.462 e. The van der Waals surface area contributed by atoms with Gasteiger partial charge in [-0.25, -0.2) is 0 Å². The lowest BCUT2D eigenvalue weighted by Crippen LogP contribution is -2.30. The summed E-state index contributed by atoms with van der Waals surface area (Å²) in [6, 6.07) is 0. The standard InChI is InChI=1S/C73H128O6/c1-4-7-10-13-16-19-22-25-28-31-33-35-36-38-39-42-45-48-51-54-57-60-63-66-72(75)78-69-70(68-77-71(74)65-62-59-56-53-50-47-44-41-30-27-24-21-18-15-12-9-6-3)79-73(76)67-64-61-58-55-52-49-46-43-40-37-34-32-29-26-23-20-17-14-11-8-5-2/h7,9-10,12,16,18-19,21,25,27-28,30,33,35,70H,4-6,8,11,13-15,17,20,22-24,26,29,31-32,34,36-69H2,1-3H3/b10-7-,12-9-,19-16-,21-18-,28-25-,30-27-,35-33-. The molecule has 0 aromatic rings. The van der Waals surface area contributed by atoms with Gasteiger partial charge in [-0.3, -0.25) is 14.4 Å². The van der Waals surface area contributed by atoms with Crippen molar-refractivity contribution in [3.63, 3.8) is 0 Å². The van der Waals surface area contributed by atoms with Crippen LogP contribution in [0.3, 0.4) is 0 Å². The van der Waals surface area contributed by atoms with E-state index < -0.39 is 6.10 Å².